The number of aliphatic hydroxyl groups is 1. The number of carbonyl (C=O) groups excluding carboxylic acids is 1. The minimum absolute atomic E-state index is 0.0838. The van der Waals surface area contributed by atoms with Gasteiger partial charge < -0.3 is 20.1 Å². The summed E-state index contributed by atoms with van der Waals surface area (Å²) < 4.78 is 9.19. The van der Waals surface area contributed by atoms with Crippen LogP contribution in [0.15, 0.2) is 24.7 Å². The third kappa shape index (κ3) is 5.04. The predicted octanol–water partition coefficient (Wildman–Crippen LogP) is 2.54. The Kier molecular flexibility index (Phi) is 6.75. The average Bonchev–Trinajstić information content (AvgIpc) is 3.52. The molecule has 2 atom stereocenters. The third-order valence-electron chi connectivity index (χ3n) is 7.26. The van der Waals surface area contributed by atoms with Crippen LogP contribution in [-0.4, -0.2) is 79.7 Å². The monoisotopic (exact) mass is 481 g/mol. The molecule has 2 aliphatic rings. The summed E-state index contributed by atoms with van der Waals surface area (Å²) in [5.41, 5.74) is 4.14. The second kappa shape index (κ2) is 9.94. The van der Waals surface area contributed by atoms with E-state index in [1.165, 1.54) is 0 Å². The van der Waals surface area contributed by atoms with Gasteiger partial charge in [-0.05, 0) is 38.7 Å². The van der Waals surface area contributed by atoms with Crippen molar-refractivity contribution in [3.05, 3.63) is 30.4 Å². The Balaban J connectivity index is 1.46. The van der Waals surface area contributed by atoms with Crippen LogP contribution in [0, 0.1) is 5.92 Å². The van der Waals surface area contributed by atoms with Gasteiger partial charge in [0.1, 0.15) is 0 Å². The Morgan fingerprint density at radius 2 is 2.06 bits per heavy atom. The number of aromatic nitrogens is 5. The molecule has 1 aliphatic carbocycles. The highest BCUT2D eigenvalue weighted by Crippen LogP contribution is 2.37. The highest BCUT2D eigenvalue weighted by Gasteiger charge is 2.28. The zero-order valence-electron chi connectivity index (χ0n) is 20.7. The maximum atomic E-state index is 11.9. The normalized spacial score (nSPS) is 23.8. The first-order chi connectivity index (χ1) is 16.9. The van der Waals surface area contributed by atoms with Crippen molar-refractivity contribution in [2.45, 2.75) is 63.6 Å². The number of amides is 1. The molecule has 4 heterocycles. The van der Waals surface area contributed by atoms with Crippen molar-refractivity contribution in [1.29, 1.82) is 0 Å². The first-order valence-corrected chi connectivity index (χ1v) is 12.5. The van der Waals surface area contributed by atoms with E-state index in [2.05, 4.69) is 27.7 Å². The molecule has 0 spiro atoms. The van der Waals surface area contributed by atoms with E-state index in [1.807, 2.05) is 35.6 Å². The van der Waals surface area contributed by atoms with E-state index in [1.54, 1.807) is 12.0 Å². The van der Waals surface area contributed by atoms with Gasteiger partial charge >= 0.3 is 0 Å². The van der Waals surface area contributed by atoms with Crippen LogP contribution >= 0.6 is 0 Å². The van der Waals surface area contributed by atoms with E-state index in [9.17, 15) is 9.90 Å². The minimum Gasteiger partial charge on any atom is -0.393 e. The zero-order valence-corrected chi connectivity index (χ0v) is 20.7. The molecule has 2 N–H and O–H groups in total. The van der Waals surface area contributed by atoms with Gasteiger partial charge in [-0.15, -0.1) is 5.10 Å². The number of hydrogen-bond acceptors (Lipinski definition) is 7. The van der Waals surface area contributed by atoms with Crippen LogP contribution in [0.25, 0.3) is 16.6 Å². The summed E-state index contributed by atoms with van der Waals surface area (Å²) in [6, 6.07) is 2.30. The standard InChI is InChI=1S/C25H35N7O3/c1-16(15-35-3)28-25-26-11-23-21(9-22(32(23)29-25)18-4-6-20(33)7-5-18)19-10-27-31(14-19)13-17-8-24(34)30(2)12-17/h9-11,14,16-18,20,33H,4-8,12-13,15H2,1-3H3,(H,28,29)/t16-,17+,18-,20-/m0/s1. The van der Waals surface area contributed by atoms with Crippen molar-refractivity contribution in [2.75, 3.05) is 32.6 Å². The van der Waals surface area contributed by atoms with Crippen LogP contribution in [0.4, 0.5) is 5.95 Å². The molecule has 1 saturated carbocycles. The quantitative estimate of drug-likeness (QED) is 0.509. The van der Waals surface area contributed by atoms with Gasteiger partial charge in [-0.1, -0.05) is 0 Å². The number of nitrogens with one attached hydrogen (secondary N) is 1. The number of nitrogens with zero attached hydrogens (tertiary/aromatic N) is 6. The van der Waals surface area contributed by atoms with Gasteiger partial charge in [0.05, 0.1) is 30.6 Å². The molecule has 2 fully saturated rings. The van der Waals surface area contributed by atoms with Crippen molar-refractivity contribution in [1.82, 2.24) is 29.3 Å². The topological polar surface area (TPSA) is 110 Å². The lowest BCUT2D eigenvalue weighted by atomic mass is 9.85. The van der Waals surface area contributed by atoms with Gasteiger partial charge in [0.2, 0.25) is 11.9 Å². The van der Waals surface area contributed by atoms with Gasteiger partial charge in [0.15, 0.2) is 0 Å². The first-order valence-electron chi connectivity index (χ1n) is 12.5. The summed E-state index contributed by atoms with van der Waals surface area (Å²) in [6.45, 7) is 4.09. The first kappa shape index (κ1) is 23.7. The summed E-state index contributed by atoms with van der Waals surface area (Å²) in [5.74, 6) is 1.37. The number of aliphatic hydroxyl groups excluding tert-OH is 1. The fourth-order valence-corrected chi connectivity index (χ4v) is 5.43. The molecule has 0 unspecified atom stereocenters. The molecule has 3 aromatic rings. The highest BCUT2D eigenvalue weighted by molar-refractivity contribution is 5.81. The molecular weight excluding hydrogens is 446 g/mol. The zero-order chi connectivity index (χ0) is 24.5. The molecule has 0 aromatic carbocycles. The van der Waals surface area contributed by atoms with E-state index < -0.39 is 0 Å². The van der Waals surface area contributed by atoms with E-state index in [0.717, 1.165) is 61.1 Å². The lowest BCUT2D eigenvalue weighted by Gasteiger charge is -2.25. The van der Waals surface area contributed by atoms with Crippen molar-refractivity contribution in [2.24, 2.45) is 5.92 Å². The third-order valence-corrected chi connectivity index (χ3v) is 7.26. The maximum absolute atomic E-state index is 11.9. The summed E-state index contributed by atoms with van der Waals surface area (Å²) in [6.07, 6.45) is 9.65. The van der Waals surface area contributed by atoms with E-state index in [0.29, 0.717) is 24.9 Å². The second-order valence-electron chi connectivity index (χ2n) is 10.2. The molecule has 0 bridgehead atoms. The maximum Gasteiger partial charge on any atom is 0.241 e. The summed E-state index contributed by atoms with van der Waals surface area (Å²) in [4.78, 5) is 18.3. The fourth-order valence-electron chi connectivity index (χ4n) is 5.43. The lowest BCUT2D eigenvalue weighted by Crippen LogP contribution is -2.23. The SMILES string of the molecule is COC[C@H](C)Nc1ncc2c(-c3cnn(C[C@@H]4CC(=O)N(C)C4)c3)cc([C@H]3CC[C@H](O)CC3)n2n1. The minimum atomic E-state index is -0.210. The van der Waals surface area contributed by atoms with Crippen molar-refractivity contribution >= 4 is 17.4 Å². The Labute approximate surface area is 205 Å². The van der Waals surface area contributed by atoms with Gasteiger partial charge in [-0.25, -0.2) is 9.50 Å². The smallest absolute Gasteiger partial charge is 0.241 e. The van der Waals surface area contributed by atoms with Crippen molar-refractivity contribution < 1.29 is 14.6 Å². The number of ether oxygens (including phenoxy) is 1. The van der Waals surface area contributed by atoms with Gasteiger partial charge in [0, 0.05) is 74.6 Å². The average molecular weight is 482 g/mol. The predicted molar refractivity (Wildman–Crippen MR) is 132 cm³/mol. The highest BCUT2D eigenvalue weighted by atomic mass is 16.5. The van der Waals surface area contributed by atoms with E-state index in [4.69, 9.17) is 9.84 Å². The number of rotatable bonds is 8. The number of methoxy groups -OCH3 is 1. The molecule has 35 heavy (non-hydrogen) atoms. The number of likely N-dealkylation sites (tertiary alicyclic amines) is 1. The number of carbonyl (C=O) groups is 1. The summed E-state index contributed by atoms with van der Waals surface area (Å²) in [7, 11) is 3.54. The Morgan fingerprint density at radius 3 is 2.77 bits per heavy atom. The van der Waals surface area contributed by atoms with Crippen molar-refractivity contribution in [3.63, 3.8) is 0 Å². The Morgan fingerprint density at radius 1 is 1.26 bits per heavy atom. The molecule has 0 radical (unpaired) electrons. The Bertz CT molecular complexity index is 1180. The summed E-state index contributed by atoms with van der Waals surface area (Å²) in [5, 5.41) is 22.8. The van der Waals surface area contributed by atoms with E-state index in [-0.39, 0.29) is 24.0 Å². The molecule has 10 heteroatoms. The molecule has 3 aromatic heterocycles. The molecule has 188 valence electrons. The molecule has 10 nitrogen and oxygen atoms in total. The van der Waals surface area contributed by atoms with Gasteiger partial charge in [-0.2, -0.15) is 5.10 Å². The van der Waals surface area contributed by atoms with Crippen LogP contribution in [-0.2, 0) is 16.1 Å². The van der Waals surface area contributed by atoms with Crippen LogP contribution in [0.1, 0.15) is 50.6 Å². The largest absolute Gasteiger partial charge is 0.393 e. The summed E-state index contributed by atoms with van der Waals surface area (Å²) >= 11 is 0. The Hall–Kier alpha value is -2.98. The van der Waals surface area contributed by atoms with Gasteiger partial charge in [0.25, 0.3) is 0 Å². The number of fused-ring (bicyclic) bond motifs is 1. The van der Waals surface area contributed by atoms with Crippen LogP contribution in [0.3, 0.4) is 0 Å². The number of hydrogen-bond donors (Lipinski definition) is 2. The van der Waals surface area contributed by atoms with Crippen LogP contribution in [0.2, 0.25) is 0 Å². The lowest BCUT2D eigenvalue weighted by molar-refractivity contribution is -0.126. The van der Waals surface area contributed by atoms with Crippen LogP contribution in [0.5, 0.6) is 0 Å². The molecule has 1 aliphatic heterocycles. The molecule has 1 amide bonds. The molecular formula is C25H35N7O3. The fraction of sp³-hybridized carbons (Fsp3) is 0.600. The number of anilines is 1. The second-order valence-corrected chi connectivity index (χ2v) is 10.2. The van der Waals surface area contributed by atoms with Gasteiger partial charge in [-0.3, -0.25) is 9.48 Å². The van der Waals surface area contributed by atoms with E-state index >= 15 is 0 Å². The van der Waals surface area contributed by atoms with Crippen LogP contribution < -0.4 is 5.32 Å². The molecule has 1 saturated heterocycles. The van der Waals surface area contributed by atoms with Crippen molar-refractivity contribution in [3.8, 4) is 11.1 Å². The molecule has 5 rings (SSSR count).